The van der Waals surface area contributed by atoms with Gasteiger partial charge in [-0.05, 0) is 27.2 Å². The molecule has 1 rings (SSSR count). The van der Waals surface area contributed by atoms with Gasteiger partial charge in [-0.15, -0.1) is 0 Å². The molecule has 0 bridgehead atoms. The molecule has 0 spiro atoms. The second kappa shape index (κ2) is 9.12. The Balaban J connectivity index is 2.68. The van der Waals surface area contributed by atoms with E-state index >= 15 is 0 Å². The van der Waals surface area contributed by atoms with Crippen molar-refractivity contribution in [1.82, 2.24) is 20.2 Å². The van der Waals surface area contributed by atoms with Crippen molar-refractivity contribution in [3.63, 3.8) is 0 Å². The first kappa shape index (κ1) is 18.1. The fourth-order valence-electron chi connectivity index (χ4n) is 1.96. The number of aromatic nitrogens is 2. The van der Waals surface area contributed by atoms with Crippen molar-refractivity contribution in [2.24, 2.45) is 0 Å². The molecule has 22 heavy (non-hydrogen) atoms. The third-order valence-corrected chi connectivity index (χ3v) is 3.13. The molecule has 6 heteroatoms. The zero-order valence-electron chi connectivity index (χ0n) is 13.9. The summed E-state index contributed by atoms with van der Waals surface area (Å²) >= 11 is 0. The number of hydrogen-bond donors (Lipinski definition) is 1. The quantitative estimate of drug-likeness (QED) is 0.796. The molecule has 1 heterocycles. The molecule has 0 saturated heterocycles. The Morgan fingerprint density at radius 1 is 1.23 bits per heavy atom. The van der Waals surface area contributed by atoms with Gasteiger partial charge in [-0.25, -0.2) is 4.98 Å². The Morgan fingerprint density at radius 3 is 2.50 bits per heavy atom. The van der Waals surface area contributed by atoms with Gasteiger partial charge in [-0.3, -0.25) is 14.6 Å². The molecule has 6 nitrogen and oxygen atoms in total. The van der Waals surface area contributed by atoms with Crippen LogP contribution in [0.25, 0.3) is 0 Å². The van der Waals surface area contributed by atoms with Crippen molar-refractivity contribution in [2.45, 2.75) is 53.0 Å². The third-order valence-electron chi connectivity index (χ3n) is 3.13. The second-order valence-corrected chi connectivity index (χ2v) is 5.66. The lowest BCUT2D eigenvalue weighted by atomic mass is 10.2. The van der Waals surface area contributed by atoms with Gasteiger partial charge >= 0.3 is 0 Å². The van der Waals surface area contributed by atoms with E-state index in [1.807, 2.05) is 20.8 Å². The van der Waals surface area contributed by atoms with Crippen LogP contribution in [0.15, 0.2) is 12.4 Å². The molecule has 0 saturated carbocycles. The summed E-state index contributed by atoms with van der Waals surface area (Å²) in [7, 11) is 0. The van der Waals surface area contributed by atoms with Gasteiger partial charge in [0.15, 0.2) is 0 Å². The predicted molar refractivity (Wildman–Crippen MR) is 85.5 cm³/mol. The minimum absolute atomic E-state index is 0.0423. The fraction of sp³-hybridized carbons (Fsp3) is 0.625. The fourth-order valence-corrected chi connectivity index (χ4v) is 1.96. The van der Waals surface area contributed by atoms with E-state index in [2.05, 4.69) is 22.2 Å². The maximum absolute atomic E-state index is 12.5. The molecule has 1 aromatic rings. The van der Waals surface area contributed by atoms with E-state index in [0.717, 1.165) is 18.5 Å². The summed E-state index contributed by atoms with van der Waals surface area (Å²) in [5, 5.41) is 2.84. The van der Waals surface area contributed by atoms with Gasteiger partial charge in [-0.2, -0.15) is 0 Å². The summed E-state index contributed by atoms with van der Waals surface area (Å²) in [6.07, 6.45) is 5.26. The van der Waals surface area contributed by atoms with Crippen LogP contribution in [-0.2, 0) is 4.79 Å². The van der Waals surface area contributed by atoms with Crippen LogP contribution in [0.5, 0.6) is 0 Å². The van der Waals surface area contributed by atoms with Gasteiger partial charge in [0.25, 0.3) is 5.91 Å². The SMILES string of the molecule is CCCCN(CCC(=O)NC(C)C)C(=O)c1cnc(C)cn1. The summed E-state index contributed by atoms with van der Waals surface area (Å²) in [5.74, 6) is -0.211. The van der Waals surface area contributed by atoms with Crippen molar-refractivity contribution in [1.29, 1.82) is 0 Å². The average molecular weight is 306 g/mol. The number of unbranched alkanes of at least 4 members (excludes halogenated alkanes) is 1. The molecule has 1 N–H and O–H groups in total. The number of aryl methyl sites for hydroxylation is 1. The number of carbonyl (C=O) groups excluding carboxylic acids is 2. The van der Waals surface area contributed by atoms with Crippen molar-refractivity contribution in [2.75, 3.05) is 13.1 Å². The lowest BCUT2D eigenvalue weighted by Gasteiger charge is -2.22. The van der Waals surface area contributed by atoms with Gasteiger partial charge in [0, 0.05) is 31.7 Å². The molecule has 0 aliphatic heterocycles. The van der Waals surface area contributed by atoms with Gasteiger partial charge in [0.2, 0.25) is 5.91 Å². The molecular formula is C16H26N4O2. The van der Waals surface area contributed by atoms with Crippen LogP contribution in [0, 0.1) is 6.92 Å². The molecule has 122 valence electrons. The summed E-state index contributed by atoms with van der Waals surface area (Å²) in [5.41, 5.74) is 1.10. The number of amides is 2. The highest BCUT2D eigenvalue weighted by atomic mass is 16.2. The van der Waals surface area contributed by atoms with Gasteiger partial charge < -0.3 is 10.2 Å². The number of nitrogens with zero attached hydrogens (tertiary/aromatic N) is 3. The monoisotopic (exact) mass is 306 g/mol. The number of hydrogen-bond acceptors (Lipinski definition) is 4. The van der Waals surface area contributed by atoms with E-state index in [1.165, 1.54) is 6.20 Å². The molecule has 2 amide bonds. The highest BCUT2D eigenvalue weighted by molar-refractivity contribution is 5.92. The summed E-state index contributed by atoms with van der Waals surface area (Å²) < 4.78 is 0. The topological polar surface area (TPSA) is 75.2 Å². The summed E-state index contributed by atoms with van der Waals surface area (Å²) in [6, 6.07) is 0.107. The van der Waals surface area contributed by atoms with Crippen LogP contribution in [0.2, 0.25) is 0 Å². The molecule has 0 radical (unpaired) electrons. The maximum atomic E-state index is 12.5. The normalized spacial score (nSPS) is 10.6. The summed E-state index contributed by atoms with van der Waals surface area (Å²) in [4.78, 5) is 34.2. The predicted octanol–water partition coefficient (Wildman–Crippen LogP) is 1.94. The zero-order valence-corrected chi connectivity index (χ0v) is 13.9. The minimum Gasteiger partial charge on any atom is -0.354 e. The van der Waals surface area contributed by atoms with E-state index in [-0.39, 0.29) is 17.9 Å². The Kier molecular flexibility index (Phi) is 7.49. The Bertz CT molecular complexity index is 485. The van der Waals surface area contributed by atoms with E-state index < -0.39 is 0 Å². The molecule has 0 atom stereocenters. The zero-order chi connectivity index (χ0) is 16.5. The van der Waals surface area contributed by atoms with Gasteiger partial charge in [0.05, 0.1) is 11.9 Å². The number of rotatable bonds is 8. The molecule has 1 aromatic heterocycles. The molecule has 0 unspecified atom stereocenters. The van der Waals surface area contributed by atoms with Crippen molar-refractivity contribution in [3.8, 4) is 0 Å². The van der Waals surface area contributed by atoms with Gasteiger partial charge in [0.1, 0.15) is 5.69 Å². The van der Waals surface area contributed by atoms with Crippen molar-refractivity contribution in [3.05, 3.63) is 23.8 Å². The van der Waals surface area contributed by atoms with Gasteiger partial charge in [-0.1, -0.05) is 13.3 Å². The standard InChI is InChI=1S/C16H26N4O2/c1-5-6-8-20(9-7-15(21)19-12(2)3)16(22)14-11-17-13(4)10-18-14/h10-12H,5-9H2,1-4H3,(H,19,21). The second-order valence-electron chi connectivity index (χ2n) is 5.66. The van der Waals surface area contributed by atoms with Crippen LogP contribution in [0.4, 0.5) is 0 Å². The largest absolute Gasteiger partial charge is 0.354 e. The molecule has 0 aromatic carbocycles. The van der Waals surface area contributed by atoms with Crippen molar-refractivity contribution >= 4 is 11.8 Å². The molecular weight excluding hydrogens is 280 g/mol. The van der Waals surface area contributed by atoms with Crippen molar-refractivity contribution < 1.29 is 9.59 Å². The maximum Gasteiger partial charge on any atom is 0.274 e. The lowest BCUT2D eigenvalue weighted by molar-refractivity contribution is -0.121. The molecule has 0 aliphatic rings. The third kappa shape index (κ3) is 6.20. The Morgan fingerprint density at radius 2 is 1.95 bits per heavy atom. The number of nitrogens with one attached hydrogen (secondary N) is 1. The van der Waals surface area contributed by atoms with E-state index in [0.29, 0.717) is 25.2 Å². The Labute approximate surface area is 132 Å². The van der Waals surface area contributed by atoms with Crippen LogP contribution in [0.1, 0.15) is 56.2 Å². The molecule has 0 aliphatic carbocycles. The summed E-state index contributed by atoms with van der Waals surface area (Å²) in [6.45, 7) is 8.75. The van der Waals surface area contributed by atoms with Crippen LogP contribution in [0.3, 0.4) is 0 Å². The number of carbonyl (C=O) groups is 2. The highest BCUT2D eigenvalue weighted by Gasteiger charge is 2.18. The smallest absolute Gasteiger partial charge is 0.274 e. The van der Waals surface area contributed by atoms with Crippen LogP contribution >= 0.6 is 0 Å². The minimum atomic E-state index is -0.168. The van der Waals surface area contributed by atoms with Crippen LogP contribution in [-0.4, -0.2) is 45.8 Å². The Hall–Kier alpha value is -1.98. The first-order valence-electron chi connectivity index (χ1n) is 7.81. The first-order valence-corrected chi connectivity index (χ1v) is 7.81. The lowest BCUT2D eigenvalue weighted by Crippen LogP contribution is -2.37. The first-order chi connectivity index (χ1) is 10.4. The average Bonchev–Trinajstić information content (AvgIpc) is 2.46. The van der Waals surface area contributed by atoms with E-state index in [4.69, 9.17) is 0 Å². The molecule has 0 fully saturated rings. The highest BCUT2D eigenvalue weighted by Crippen LogP contribution is 2.05. The van der Waals surface area contributed by atoms with Crippen LogP contribution < -0.4 is 5.32 Å². The van der Waals surface area contributed by atoms with E-state index in [1.54, 1.807) is 11.1 Å². The van der Waals surface area contributed by atoms with E-state index in [9.17, 15) is 9.59 Å².